The zero-order chi connectivity index (χ0) is 14.8. The second-order valence-corrected chi connectivity index (χ2v) is 7.15. The molecule has 0 amide bonds. The zero-order valence-corrected chi connectivity index (χ0v) is 14.3. The first-order valence-corrected chi connectivity index (χ1v) is 8.36. The Bertz CT molecular complexity index is 562. The van der Waals surface area contributed by atoms with Crippen molar-refractivity contribution in [2.75, 3.05) is 6.54 Å². The third kappa shape index (κ3) is 3.13. The standard InChI is InChI=1S/C16H19BrFNS/c1-4-19-15(14-13(17)9-10-20-14)16(2,3)11-5-7-12(18)8-6-11/h5-10,15,19H,4H2,1-3H3. The fourth-order valence-corrected chi connectivity index (χ4v) is 4.30. The maximum Gasteiger partial charge on any atom is 0.123 e. The Morgan fingerprint density at radius 3 is 2.40 bits per heavy atom. The Morgan fingerprint density at radius 2 is 1.90 bits per heavy atom. The first-order valence-electron chi connectivity index (χ1n) is 6.69. The fraction of sp³-hybridized carbons (Fsp3) is 0.375. The summed E-state index contributed by atoms with van der Waals surface area (Å²) < 4.78 is 14.3. The van der Waals surface area contributed by atoms with E-state index in [1.54, 1.807) is 11.3 Å². The lowest BCUT2D eigenvalue weighted by atomic mass is 9.77. The third-order valence-corrected chi connectivity index (χ3v) is 5.56. The van der Waals surface area contributed by atoms with Crippen LogP contribution in [-0.4, -0.2) is 6.54 Å². The highest BCUT2D eigenvalue weighted by Gasteiger charge is 2.33. The van der Waals surface area contributed by atoms with Gasteiger partial charge in [0.2, 0.25) is 0 Å². The van der Waals surface area contributed by atoms with Gasteiger partial charge >= 0.3 is 0 Å². The van der Waals surface area contributed by atoms with Crippen LogP contribution in [0.2, 0.25) is 0 Å². The molecule has 0 aliphatic heterocycles. The summed E-state index contributed by atoms with van der Waals surface area (Å²) in [6.45, 7) is 7.38. The van der Waals surface area contributed by atoms with Crippen LogP contribution in [0.3, 0.4) is 0 Å². The average molecular weight is 356 g/mol. The Labute approximate surface area is 132 Å². The predicted molar refractivity (Wildman–Crippen MR) is 87.9 cm³/mol. The first kappa shape index (κ1) is 15.7. The van der Waals surface area contributed by atoms with Crippen LogP contribution in [0.1, 0.15) is 37.3 Å². The van der Waals surface area contributed by atoms with Gasteiger partial charge in [-0.05, 0) is 51.6 Å². The van der Waals surface area contributed by atoms with Crippen LogP contribution in [0.25, 0.3) is 0 Å². The summed E-state index contributed by atoms with van der Waals surface area (Å²) in [5, 5.41) is 5.65. The molecule has 0 radical (unpaired) electrons. The van der Waals surface area contributed by atoms with E-state index < -0.39 is 0 Å². The van der Waals surface area contributed by atoms with Gasteiger partial charge < -0.3 is 5.32 Å². The monoisotopic (exact) mass is 355 g/mol. The van der Waals surface area contributed by atoms with Gasteiger partial charge in [-0.2, -0.15) is 0 Å². The van der Waals surface area contributed by atoms with Crippen LogP contribution in [0.5, 0.6) is 0 Å². The van der Waals surface area contributed by atoms with Gasteiger partial charge in [0, 0.05) is 14.8 Å². The number of hydrogen-bond donors (Lipinski definition) is 1. The Balaban J connectivity index is 2.41. The van der Waals surface area contributed by atoms with Gasteiger partial charge in [0.05, 0.1) is 6.04 Å². The lowest BCUT2D eigenvalue weighted by Gasteiger charge is -2.35. The molecule has 1 nitrogen and oxygen atoms in total. The van der Waals surface area contributed by atoms with Crippen molar-refractivity contribution in [2.45, 2.75) is 32.2 Å². The van der Waals surface area contributed by atoms with Crippen LogP contribution in [0.15, 0.2) is 40.2 Å². The molecule has 1 aromatic carbocycles. The van der Waals surface area contributed by atoms with Crippen molar-refractivity contribution in [3.05, 3.63) is 56.4 Å². The smallest absolute Gasteiger partial charge is 0.123 e. The van der Waals surface area contributed by atoms with E-state index in [1.807, 2.05) is 12.1 Å². The Morgan fingerprint density at radius 1 is 1.25 bits per heavy atom. The molecule has 0 fully saturated rings. The van der Waals surface area contributed by atoms with Crippen molar-refractivity contribution in [1.29, 1.82) is 0 Å². The van der Waals surface area contributed by atoms with E-state index >= 15 is 0 Å². The quantitative estimate of drug-likeness (QED) is 0.769. The summed E-state index contributed by atoms with van der Waals surface area (Å²) >= 11 is 5.36. The largest absolute Gasteiger partial charge is 0.309 e. The van der Waals surface area contributed by atoms with Crippen molar-refractivity contribution >= 4 is 27.3 Å². The van der Waals surface area contributed by atoms with Gasteiger partial charge in [-0.1, -0.05) is 32.9 Å². The Kier molecular flexibility index (Phi) is 4.99. The third-order valence-electron chi connectivity index (χ3n) is 3.63. The summed E-state index contributed by atoms with van der Waals surface area (Å²) in [6, 6.07) is 9.08. The number of thiophene rings is 1. The topological polar surface area (TPSA) is 12.0 Å². The SMILES string of the molecule is CCNC(c1sccc1Br)C(C)(C)c1ccc(F)cc1. The van der Waals surface area contributed by atoms with Crippen molar-refractivity contribution in [3.8, 4) is 0 Å². The lowest BCUT2D eigenvalue weighted by molar-refractivity contribution is 0.357. The molecule has 4 heteroatoms. The second-order valence-electron chi connectivity index (χ2n) is 5.35. The molecule has 1 unspecified atom stereocenters. The number of nitrogens with one attached hydrogen (secondary N) is 1. The molecule has 0 aliphatic carbocycles. The van der Waals surface area contributed by atoms with E-state index in [4.69, 9.17) is 0 Å². The van der Waals surface area contributed by atoms with Gasteiger partial charge in [-0.3, -0.25) is 0 Å². The average Bonchev–Trinajstić information content (AvgIpc) is 2.82. The molecule has 2 rings (SSSR count). The summed E-state index contributed by atoms with van der Waals surface area (Å²) in [6.07, 6.45) is 0. The molecule has 0 saturated heterocycles. The molecule has 1 atom stereocenters. The molecule has 20 heavy (non-hydrogen) atoms. The lowest BCUT2D eigenvalue weighted by Crippen LogP contribution is -2.37. The van der Waals surface area contributed by atoms with E-state index in [2.05, 4.69) is 53.5 Å². The molecule has 0 spiro atoms. The van der Waals surface area contributed by atoms with E-state index in [1.165, 1.54) is 17.0 Å². The number of halogens is 2. The van der Waals surface area contributed by atoms with Gasteiger partial charge in [-0.25, -0.2) is 4.39 Å². The summed E-state index contributed by atoms with van der Waals surface area (Å²) in [7, 11) is 0. The number of likely N-dealkylation sites (N-methyl/N-ethyl adjacent to an activating group) is 1. The molecular weight excluding hydrogens is 337 g/mol. The Hall–Kier alpha value is -0.710. The van der Waals surface area contributed by atoms with Crippen molar-refractivity contribution in [3.63, 3.8) is 0 Å². The fourth-order valence-electron chi connectivity index (χ4n) is 2.44. The van der Waals surface area contributed by atoms with Gasteiger partial charge in [0.25, 0.3) is 0 Å². The molecule has 1 aromatic heterocycles. The molecule has 1 heterocycles. The normalized spacial score (nSPS) is 13.4. The summed E-state index contributed by atoms with van der Waals surface area (Å²) in [5.74, 6) is -0.193. The molecule has 2 aromatic rings. The minimum atomic E-state index is -0.193. The highest BCUT2D eigenvalue weighted by molar-refractivity contribution is 9.10. The molecule has 1 N–H and O–H groups in total. The van der Waals surface area contributed by atoms with Crippen molar-refractivity contribution < 1.29 is 4.39 Å². The maximum atomic E-state index is 13.1. The number of hydrogen-bond acceptors (Lipinski definition) is 2. The molecule has 0 bridgehead atoms. The van der Waals surface area contributed by atoms with E-state index in [-0.39, 0.29) is 17.3 Å². The van der Waals surface area contributed by atoms with Crippen LogP contribution in [0, 0.1) is 5.82 Å². The number of rotatable bonds is 5. The predicted octanol–water partition coefficient (Wildman–Crippen LogP) is 5.28. The second kappa shape index (κ2) is 6.37. The van der Waals surface area contributed by atoms with Crippen LogP contribution in [-0.2, 0) is 5.41 Å². The van der Waals surface area contributed by atoms with Crippen LogP contribution >= 0.6 is 27.3 Å². The summed E-state index contributed by atoms with van der Waals surface area (Å²) in [5.41, 5.74) is 1.00. The van der Waals surface area contributed by atoms with Gasteiger partial charge in [0.1, 0.15) is 5.82 Å². The molecule has 108 valence electrons. The maximum absolute atomic E-state index is 13.1. The van der Waals surface area contributed by atoms with Crippen molar-refractivity contribution in [1.82, 2.24) is 5.32 Å². The highest BCUT2D eigenvalue weighted by atomic mass is 79.9. The van der Waals surface area contributed by atoms with Crippen LogP contribution in [0.4, 0.5) is 4.39 Å². The molecule has 0 saturated carbocycles. The van der Waals surface area contributed by atoms with E-state index in [0.717, 1.165) is 16.6 Å². The minimum Gasteiger partial charge on any atom is -0.309 e. The highest BCUT2D eigenvalue weighted by Crippen LogP contribution is 2.41. The first-order chi connectivity index (χ1) is 9.46. The molecular formula is C16H19BrFNS. The zero-order valence-electron chi connectivity index (χ0n) is 11.9. The van der Waals surface area contributed by atoms with E-state index in [9.17, 15) is 4.39 Å². The minimum absolute atomic E-state index is 0.128. The van der Waals surface area contributed by atoms with Crippen LogP contribution < -0.4 is 5.32 Å². The molecule has 0 aliphatic rings. The van der Waals surface area contributed by atoms with E-state index in [0.29, 0.717) is 0 Å². The number of benzene rings is 1. The van der Waals surface area contributed by atoms with Crippen molar-refractivity contribution in [2.24, 2.45) is 0 Å². The van der Waals surface area contributed by atoms with Gasteiger partial charge in [0.15, 0.2) is 0 Å². The van der Waals surface area contributed by atoms with Gasteiger partial charge in [-0.15, -0.1) is 11.3 Å². The summed E-state index contributed by atoms with van der Waals surface area (Å²) in [4.78, 5) is 1.28.